The molecule has 2 aromatic carbocycles. The molecule has 0 bridgehead atoms. The Morgan fingerprint density at radius 3 is 2.16 bits per heavy atom. The fourth-order valence-electron chi connectivity index (χ4n) is 4.08. The third-order valence-electron chi connectivity index (χ3n) is 5.84. The highest BCUT2D eigenvalue weighted by molar-refractivity contribution is 5.74. The van der Waals surface area contributed by atoms with Crippen LogP contribution in [0, 0.1) is 27.7 Å². The van der Waals surface area contributed by atoms with Crippen LogP contribution in [-0.2, 0) is 5.21 Å². The predicted molar refractivity (Wildman–Crippen MR) is 102 cm³/mol. The van der Waals surface area contributed by atoms with E-state index in [1.807, 2.05) is 39.8 Å². The highest BCUT2D eigenvalue weighted by Crippen LogP contribution is 2.44. The molecule has 1 saturated carbocycles. The second-order valence-electron chi connectivity index (χ2n) is 7.45. The van der Waals surface area contributed by atoms with Crippen LogP contribution in [0.3, 0.4) is 0 Å². The van der Waals surface area contributed by atoms with Gasteiger partial charge in [0.1, 0.15) is 11.4 Å². The monoisotopic (exact) mass is 338 g/mol. The third kappa shape index (κ3) is 3.25. The number of nitrogens with zero attached hydrogens (tertiary/aromatic N) is 1. The topological polar surface area (TPSA) is 43.4 Å². The first-order chi connectivity index (χ1) is 11.9. The lowest BCUT2D eigenvalue weighted by Gasteiger charge is -2.26. The van der Waals surface area contributed by atoms with Crippen LogP contribution in [0.1, 0.15) is 65.8 Å². The predicted octanol–water partition coefficient (Wildman–Crippen LogP) is 6.16. The summed E-state index contributed by atoms with van der Waals surface area (Å²) in [7, 11) is 0. The molecule has 0 unspecified atom stereocenters. The summed E-state index contributed by atoms with van der Waals surface area (Å²) in [6.07, 6.45) is 5.86. The zero-order valence-electron chi connectivity index (χ0n) is 15.7. The Bertz CT molecular complexity index is 750. The van der Waals surface area contributed by atoms with Crippen molar-refractivity contribution in [3.8, 4) is 5.75 Å². The van der Waals surface area contributed by atoms with Gasteiger partial charge in [-0.3, -0.25) is 0 Å². The lowest BCUT2D eigenvalue weighted by Crippen LogP contribution is -2.14. The summed E-state index contributed by atoms with van der Waals surface area (Å²) < 4.78 is 0. The number of aromatic hydroxyl groups is 1. The van der Waals surface area contributed by atoms with Crippen LogP contribution in [0.25, 0.3) is 0 Å². The Morgan fingerprint density at radius 1 is 0.960 bits per heavy atom. The maximum absolute atomic E-state index is 13.2. The van der Waals surface area contributed by atoms with Crippen molar-refractivity contribution in [1.29, 1.82) is 0 Å². The number of hydrogen-bond donors (Lipinski definition) is 1. The van der Waals surface area contributed by atoms with E-state index in [-0.39, 0.29) is 5.75 Å². The molecule has 0 aromatic heterocycles. The van der Waals surface area contributed by atoms with Gasteiger partial charge in [0.15, 0.2) is 0 Å². The van der Waals surface area contributed by atoms with Crippen molar-refractivity contribution in [3.63, 3.8) is 0 Å². The highest BCUT2D eigenvalue weighted by Gasteiger charge is 2.24. The van der Waals surface area contributed by atoms with Gasteiger partial charge < -0.3 is 5.11 Å². The number of benzene rings is 2. The Balaban J connectivity index is 2.05. The summed E-state index contributed by atoms with van der Waals surface area (Å²) in [5, 5.41) is 25.0. The molecule has 0 aliphatic heterocycles. The molecule has 2 aromatic rings. The molecule has 133 valence electrons. The van der Waals surface area contributed by atoms with Crippen molar-refractivity contribution in [2.24, 2.45) is 0 Å². The lowest BCUT2D eigenvalue weighted by atomic mass is 9.83. The summed E-state index contributed by atoms with van der Waals surface area (Å²) in [6, 6.07) is 7.71. The standard InChI is InChI=1S/C22H28NO2/c1-14-13-15(2)17(4)21(16(14)3)23(25)20-12-8-11-19(22(20)24)18-9-6-5-7-10-18/h8,11-13,18,24H,5-7,9-10H2,1-4H3. The smallest absolute Gasteiger partial charge is 0.145 e. The van der Waals surface area contributed by atoms with Crippen molar-refractivity contribution >= 4 is 11.4 Å². The average molecular weight is 338 g/mol. The molecule has 3 heteroatoms. The molecule has 0 heterocycles. The summed E-state index contributed by atoms with van der Waals surface area (Å²) in [6.45, 7) is 8.00. The molecule has 0 spiro atoms. The molecule has 1 fully saturated rings. The van der Waals surface area contributed by atoms with Gasteiger partial charge in [0, 0.05) is 0 Å². The van der Waals surface area contributed by atoms with E-state index in [0.29, 0.717) is 17.3 Å². The maximum Gasteiger partial charge on any atom is 0.145 e. The number of para-hydroxylation sites is 1. The minimum absolute atomic E-state index is 0.155. The second kappa shape index (κ2) is 7.09. The van der Waals surface area contributed by atoms with E-state index in [1.54, 1.807) is 6.07 Å². The summed E-state index contributed by atoms with van der Waals surface area (Å²) in [4.78, 5) is 0. The van der Waals surface area contributed by atoms with Crippen LogP contribution in [-0.4, -0.2) is 5.11 Å². The van der Waals surface area contributed by atoms with Crippen LogP contribution in [0.5, 0.6) is 5.75 Å². The Morgan fingerprint density at radius 2 is 1.56 bits per heavy atom. The largest absolute Gasteiger partial charge is 0.505 e. The van der Waals surface area contributed by atoms with Crippen LogP contribution in [0.15, 0.2) is 24.3 Å². The molecule has 1 aliphatic carbocycles. The van der Waals surface area contributed by atoms with E-state index in [9.17, 15) is 10.3 Å². The lowest BCUT2D eigenvalue weighted by molar-refractivity contribution is 0.193. The summed E-state index contributed by atoms with van der Waals surface area (Å²) in [5.41, 5.74) is 6.09. The van der Waals surface area contributed by atoms with Crippen LogP contribution >= 0.6 is 0 Å². The van der Waals surface area contributed by atoms with Crippen molar-refractivity contribution < 1.29 is 10.3 Å². The molecule has 0 amide bonds. The number of hydrogen-bond acceptors (Lipinski definition) is 2. The molecule has 1 N–H and O–H groups in total. The van der Waals surface area contributed by atoms with Gasteiger partial charge in [-0.25, -0.2) is 0 Å². The van der Waals surface area contributed by atoms with Gasteiger partial charge in [0.2, 0.25) is 0 Å². The van der Waals surface area contributed by atoms with Gasteiger partial charge in [0.25, 0.3) is 0 Å². The van der Waals surface area contributed by atoms with E-state index < -0.39 is 0 Å². The molecular formula is C22H28NO2. The first-order valence-corrected chi connectivity index (χ1v) is 9.28. The molecule has 0 saturated heterocycles. The molecular weight excluding hydrogens is 310 g/mol. The van der Waals surface area contributed by atoms with E-state index in [0.717, 1.165) is 45.7 Å². The van der Waals surface area contributed by atoms with E-state index in [2.05, 4.69) is 6.07 Å². The quantitative estimate of drug-likeness (QED) is 0.681. The minimum atomic E-state index is 0.155. The van der Waals surface area contributed by atoms with Gasteiger partial charge in [-0.1, -0.05) is 42.7 Å². The van der Waals surface area contributed by atoms with Gasteiger partial charge in [-0.15, -0.1) is 0 Å². The van der Waals surface area contributed by atoms with Gasteiger partial charge in [-0.2, -0.15) is 5.06 Å². The first kappa shape index (κ1) is 17.8. The fourth-order valence-corrected chi connectivity index (χ4v) is 4.08. The molecule has 3 nitrogen and oxygen atoms in total. The molecule has 25 heavy (non-hydrogen) atoms. The van der Waals surface area contributed by atoms with Crippen LogP contribution < -0.4 is 5.06 Å². The van der Waals surface area contributed by atoms with Gasteiger partial charge in [0.05, 0.1) is 5.69 Å². The second-order valence-corrected chi connectivity index (χ2v) is 7.45. The SMILES string of the molecule is Cc1cc(C)c(C)c(N([O])c2cccc(C3CCCCC3)c2O)c1C. The van der Waals surface area contributed by atoms with E-state index in [1.165, 1.54) is 19.3 Å². The fraction of sp³-hybridized carbons (Fsp3) is 0.455. The maximum atomic E-state index is 13.2. The van der Waals surface area contributed by atoms with Crippen LogP contribution in [0.2, 0.25) is 0 Å². The van der Waals surface area contributed by atoms with Crippen LogP contribution in [0.4, 0.5) is 11.4 Å². The van der Waals surface area contributed by atoms with Gasteiger partial charge in [-0.05, 0) is 80.3 Å². The molecule has 0 atom stereocenters. The Hall–Kier alpha value is -2.00. The number of anilines is 2. The number of rotatable bonds is 3. The van der Waals surface area contributed by atoms with Crippen molar-refractivity contribution in [3.05, 3.63) is 52.1 Å². The van der Waals surface area contributed by atoms with Crippen molar-refractivity contribution in [2.75, 3.05) is 5.06 Å². The van der Waals surface area contributed by atoms with Gasteiger partial charge >= 0.3 is 0 Å². The molecule has 1 radical (unpaired) electrons. The average Bonchev–Trinajstić information content (AvgIpc) is 2.61. The van der Waals surface area contributed by atoms with E-state index >= 15 is 0 Å². The Labute approximate surface area is 150 Å². The summed E-state index contributed by atoms with van der Waals surface area (Å²) in [5.74, 6) is 0.519. The third-order valence-corrected chi connectivity index (χ3v) is 5.84. The zero-order valence-corrected chi connectivity index (χ0v) is 15.7. The normalized spacial score (nSPS) is 15.4. The minimum Gasteiger partial charge on any atom is -0.505 e. The summed E-state index contributed by atoms with van der Waals surface area (Å²) >= 11 is 0. The van der Waals surface area contributed by atoms with Crippen molar-refractivity contribution in [2.45, 2.75) is 65.7 Å². The highest BCUT2D eigenvalue weighted by atomic mass is 16.5. The molecule has 1 aliphatic rings. The van der Waals surface area contributed by atoms with Crippen molar-refractivity contribution in [1.82, 2.24) is 0 Å². The van der Waals surface area contributed by atoms with E-state index in [4.69, 9.17) is 0 Å². The number of phenols is 1. The zero-order chi connectivity index (χ0) is 18.1. The molecule has 3 rings (SSSR count). The number of phenolic OH excluding ortho intramolecular Hbond substituents is 1. The number of aryl methyl sites for hydroxylation is 2. The first-order valence-electron chi connectivity index (χ1n) is 9.28. The Kier molecular flexibility index (Phi) is 5.05.